The van der Waals surface area contributed by atoms with Crippen LogP contribution in [0.25, 0.3) is 0 Å². The van der Waals surface area contributed by atoms with Gasteiger partial charge < -0.3 is 14.2 Å². The number of carbonyl (C=O) groups is 1. The average Bonchev–Trinajstić information content (AvgIpc) is 2.45. The number of ether oxygens (including phenoxy) is 3. The van der Waals surface area contributed by atoms with Gasteiger partial charge in [0.15, 0.2) is 6.29 Å². The van der Waals surface area contributed by atoms with E-state index in [1.54, 1.807) is 0 Å². The Labute approximate surface area is 133 Å². The van der Waals surface area contributed by atoms with Crippen molar-refractivity contribution < 1.29 is 19.0 Å². The Bertz CT molecular complexity index is 437. The molecular weight excluding hydrogens is 280 g/mol. The van der Waals surface area contributed by atoms with Crippen molar-refractivity contribution in [3.05, 3.63) is 29.8 Å². The fourth-order valence-electron chi connectivity index (χ4n) is 1.72. The number of rotatable bonds is 9. The van der Waals surface area contributed by atoms with Gasteiger partial charge in [0, 0.05) is 0 Å². The zero-order chi connectivity index (χ0) is 16.5. The van der Waals surface area contributed by atoms with Crippen LogP contribution in [0.5, 0.6) is 5.75 Å². The van der Waals surface area contributed by atoms with E-state index in [2.05, 4.69) is 13.8 Å². The first-order valence-corrected chi connectivity index (χ1v) is 7.89. The van der Waals surface area contributed by atoms with Crippen molar-refractivity contribution in [1.82, 2.24) is 0 Å². The quantitative estimate of drug-likeness (QED) is 0.514. The lowest BCUT2D eigenvalue weighted by Crippen LogP contribution is -2.19. The van der Waals surface area contributed by atoms with E-state index in [4.69, 9.17) is 14.2 Å². The molecule has 0 amide bonds. The molecule has 0 N–H and O–H groups in total. The molecule has 4 nitrogen and oxygen atoms in total. The van der Waals surface area contributed by atoms with Crippen LogP contribution in [0.3, 0.4) is 0 Å². The molecule has 0 aliphatic carbocycles. The second kappa shape index (κ2) is 9.46. The molecule has 0 heterocycles. The maximum atomic E-state index is 11.7. The van der Waals surface area contributed by atoms with E-state index in [-0.39, 0.29) is 18.7 Å². The minimum absolute atomic E-state index is 0.198. The lowest BCUT2D eigenvalue weighted by molar-refractivity contribution is -0.143. The van der Waals surface area contributed by atoms with E-state index in [1.807, 2.05) is 45.0 Å². The molecule has 0 aliphatic heterocycles. The monoisotopic (exact) mass is 308 g/mol. The molecule has 0 radical (unpaired) electrons. The zero-order valence-corrected chi connectivity index (χ0v) is 14.3. The van der Waals surface area contributed by atoms with Gasteiger partial charge in [0.2, 0.25) is 0 Å². The number of hydrogen-bond donors (Lipinski definition) is 0. The summed E-state index contributed by atoms with van der Waals surface area (Å²) in [4.78, 5) is 11.7. The van der Waals surface area contributed by atoms with Gasteiger partial charge >= 0.3 is 5.97 Å². The number of hydrogen-bond acceptors (Lipinski definition) is 4. The second-order valence-electron chi connectivity index (χ2n) is 6.31. The number of benzene rings is 1. The molecule has 0 saturated carbocycles. The van der Waals surface area contributed by atoms with Crippen LogP contribution < -0.4 is 4.74 Å². The van der Waals surface area contributed by atoms with E-state index in [1.165, 1.54) is 0 Å². The first kappa shape index (κ1) is 18.5. The van der Waals surface area contributed by atoms with Crippen molar-refractivity contribution in [2.24, 2.45) is 11.8 Å². The molecule has 0 bridgehead atoms. The molecule has 0 fully saturated rings. The van der Waals surface area contributed by atoms with Gasteiger partial charge in [0.05, 0.1) is 19.6 Å². The fraction of sp³-hybridized carbons (Fsp3) is 0.611. The Kier molecular flexibility index (Phi) is 7.96. The van der Waals surface area contributed by atoms with Crippen LogP contribution in [0.4, 0.5) is 0 Å². The molecular formula is C18H28O4. The summed E-state index contributed by atoms with van der Waals surface area (Å²) < 4.78 is 16.4. The molecule has 0 saturated heterocycles. The van der Waals surface area contributed by atoms with Crippen LogP contribution in [0.15, 0.2) is 24.3 Å². The van der Waals surface area contributed by atoms with Gasteiger partial charge in [0.25, 0.3) is 0 Å². The van der Waals surface area contributed by atoms with Gasteiger partial charge in [-0.3, -0.25) is 4.79 Å². The summed E-state index contributed by atoms with van der Waals surface area (Å²) in [6.45, 7) is 11.2. The molecule has 1 unspecified atom stereocenters. The highest BCUT2D eigenvalue weighted by atomic mass is 16.7. The highest BCUT2D eigenvalue weighted by Crippen LogP contribution is 2.15. The topological polar surface area (TPSA) is 44.8 Å². The van der Waals surface area contributed by atoms with E-state index in [0.29, 0.717) is 25.0 Å². The normalized spacial score (nSPS) is 12.5. The van der Waals surface area contributed by atoms with E-state index in [0.717, 1.165) is 11.3 Å². The summed E-state index contributed by atoms with van der Waals surface area (Å²) in [7, 11) is 0. The number of esters is 1. The Morgan fingerprint density at radius 1 is 0.955 bits per heavy atom. The lowest BCUT2D eigenvalue weighted by atomic mass is 10.1. The van der Waals surface area contributed by atoms with Gasteiger partial charge in [-0.2, -0.15) is 0 Å². The maximum Gasteiger partial charge on any atom is 0.310 e. The van der Waals surface area contributed by atoms with Crippen LogP contribution in [0.2, 0.25) is 0 Å². The second-order valence-corrected chi connectivity index (χ2v) is 6.31. The molecule has 0 aromatic heterocycles. The summed E-state index contributed by atoms with van der Waals surface area (Å²) in [5.41, 5.74) is 0.914. The minimum atomic E-state index is -0.288. The summed E-state index contributed by atoms with van der Waals surface area (Å²) in [6, 6.07) is 7.45. The van der Waals surface area contributed by atoms with Gasteiger partial charge in [-0.05, 0) is 36.5 Å². The van der Waals surface area contributed by atoms with Gasteiger partial charge in [-0.25, -0.2) is 0 Å². The minimum Gasteiger partial charge on any atom is -0.465 e. The molecule has 0 aliphatic rings. The fourth-order valence-corrected chi connectivity index (χ4v) is 1.72. The molecule has 124 valence electrons. The molecule has 1 rings (SSSR count). The third-order valence-corrected chi connectivity index (χ3v) is 2.82. The largest absolute Gasteiger partial charge is 0.465 e. The van der Waals surface area contributed by atoms with Crippen LogP contribution in [-0.4, -0.2) is 25.5 Å². The van der Waals surface area contributed by atoms with Crippen LogP contribution in [0.1, 0.15) is 40.2 Å². The van der Waals surface area contributed by atoms with Gasteiger partial charge in [0.1, 0.15) is 5.75 Å². The number of carbonyl (C=O) groups excluding carboxylic acids is 1. The van der Waals surface area contributed by atoms with E-state index < -0.39 is 0 Å². The molecule has 1 aromatic carbocycles. The maximum absolute atomic E-state index is 11.7. The zero-order valence-electron chi connectivity index (χ0n) is 14.3. The predicted molar refractivity (Wildman–Crippen MR) is 86.8 cm³/mol. The third-order valence-electron chi connectivity index (χ3n) is 2.82. The first-order chi connectivity index (χ1) is 10.4. The molecule has 0 spiro atoms. The highest BCUT2D eigenvalue weighted by molar-refractivity contribution is 5.72. The highest BCUT2D eigenvalue weighted by Gasteiger charge is 2.08. The molecule has 1 atom stereocenters. The molecule has 4 heteroatoms. The smallest absolute Gasteiger partial charge is 0.310 e. The summed E-state index contributed by atoms with van der Waals surface area (Å²) in [6.07, 6.45) is -0.00359. The summed E-state index contributed by atoms with van der Waals surface area (Å²) in [5, 5.41) is 0. The SMILES string of the molecule is CC(C)COC(=O)Cc1ccc(OC(C)OCC(C)C)cc1. The van der Waals surface area contributed by atoms with Crippen molar-refractivity contribution in [2.75, 3.05) is 13.2 Å². The summed E-state index contributed by atoms with van der Waals surface area (Å²) >= 11 is 0. The standard InChI is InChI=1S/C18H28O4/c1-13(2)11-20-15(5)22-17-8-6-16(7-9-17)10-18(19)21-12-14(3)4/h6-9,13-15H,10-12H2,1-5H3. The van der Waals surface area contributed by atoms with Crippen LogP contribution in [-0.2, 0) is 20.7 Å². The predicted octanol–water partition coefficient (Wildman–Crippen LogP) is 3.83. The van der Waals surface area contributed by atoms with Crippen molar-refractivity contribution in [3.63, 3.8) is 0 Å². The molecule has 1 aromatic rings. The Morgan fingerprint density at radius 3 is 2.09 bits per heavy atom. The summed E-state index contributed by atoms with van der Waals surface area (Å²) in [5.74, 6) is 1.36. The van der Waals surface area contributed by atoms with E-state index >= 15 is 0 Å². The Hall–Kier alpha value is -1.55. The van der Waals surface area contributed by atoms with Crippen molar-refractivity contribution in [1.29, 1.82) is 0 Å². The van der Waals surface area contributed by atoms with Crippen LogP contribution >= 0.6 is 0 Å². The Morgan fingerprint density at radius 2 is 1.55 bits per heavy atom. The van der Waals surface area contributed by atoms with Crippen molar-refractivity contribution in [2.45, 2.75) is 47.3 Å². The van der Waals surface area contributed by atoms with Gasteiger partial charge in [-0.1, -0.05) is 39.8 Å². The molecule has 22 heavy (non-hydrogen) atoms. The Balaban J connectivity index is 2.40. The van der Waals surface area contributed by atoms with Crippen molar-refractivity contribution >= 4 is 5.97 Å². The average molecular weight is 308 g/mol. The third kappa shape index (κ3) is 8.03. The van der Waals surface area contributed by atoms with Gasteiger partial charge in [-0.15, -0.1) is 0 Å². The lowest BCUT2D eigenvalue weighted by Gasteiger charge is -2.17. The first-order valence-electron chi connectivity index (χ1n) is 7.89. The van der Waals surface area contributed by atoms with Crippen LogP contribution in [0, 0.1) is 11.8 Å². The van der Waals surface area contributed by atoms with E-state index in [9.17, 15) is 4.79 Å². The van der Waals surface area contributed by atoms with Crippen molar-refractivity contribution in [3.8, 4) is 5.75 Å².